The molecule has 1 aliphatic heterocycles. The molecule has 3 nitrogen and oxygen atoms in total. The molecule has 1 aliphatic carbocycles. The van der Waals surface area contributed by atoms with Crippen LogP contribution in [0.15, 0.2) is 48.8 Å². The predicted octanol–water partition coefficient (Wildman–Crippen LogP) is 5.64. The third-order valence-corrected chi connectivity index (χ3v) is 6.86. The average Bonchev–Trinajstić information content (AvgIpc) is 3.19. The molecular formula is C24H29F3N2O. The highest BCUT2D eigenvalue weighted by molar-refractivity contribution is 5.28. The monoisotopic (exact) mass is 418 g/mol. The van der Waals surface area contributed by atoms with Crippen LogP contribution >= 0.6 is 0 Å². The molecule has 0 radical (unpaired) electrons. The van der Waals surface area contributed by atoms with Crippen molar-refractivity contribution < 1.29 is 17.9 Å². The molecule has 1 saturated heterocycles. The zero-order valence-electron chi connectivity index (χ0n) is 17.2. The van der Waals surface area contributed by atoms with E-state index in [1.807, 2.05) is 6.07 Å². The van der Waals surface area contributed by atoms with Gasteiger partial charge < -0.3 is 10.1 Å². The number of pyridine rings is 1. The summed E-state index contributed by atoms with van der Waals surface area (Å²) in [6.45, 7) is 1.56. The maximum atomic E-state index is 13.2. The number of hydrogen-bond acceptors (Lipinski definition) is 3. The molecule has 4 rings (SSSR count). The van der Waals surface area contributed by atoms with Crippen LogP contribution in [0.5, 0.6) is 0 Å². The van der Waals surface area contributed by atoms with Gasteiger partial charge in [0.15, 0.2) is 0 Å². The van der Waals surface area contributed by atoms with E-state index in [0.717, 1.165) is 44.8 Å². The van der Waals surface area contributed by atoms with Gasteiger partial charge in [0.2, 0.25) is 0 Å². The van der Waals surface area contributed by atoms with E-state index in [-0.39, 0.29) is 23.1 Å². The first kappa shape index (κ1) is 21.3. The second-order valence-electron chi connectivity index (χ2n) is 8.77. The Balaban J connectivity index is 1.47. The van der Waals surface area contributed by atoms with E-state index in [4.69, 9.17) is 4.74 Å². The Bertz CT molecular complexity index is 834. The summed E-state index contributed by atoms with van der Waals surface area (Å²) in [5.74, 6) is 0. The Morgan fingerprint density at radius 1 is 1.03 bits per heavy atom. The fraction of sp³-hybridized carbons (Fsp3) is 0.542. The van der Waals surface area contributed by atoms with Gasteiger partial charge in [0.05, 0.1) is 11.2 Å². The van der Waals surface area contributed by atoms with Crippen molar-refractivity contribution in [2.75, 3.05) is 13.2 Å². The number of halogens is 3. The zero-order valence-corrected chi connectivity index (χ0v) is 17.2. The number of hydrogen-bond donors (Lipinski definition) is 1. The quantitative estimate of drug-likeness (QED) is 0.617. The Morgan fingerprint density at radius 2 is 1.80 bits per heavy atom. The highest BCUT2D eigenvalue weighted by Crippen LogP contribution is 2.50. The highest BCUT2D eigenvalue weighted by atomic mass is 19.4. The molecule has 2 heterocycles. The Morgan fingerprint density at radius 3 is 2.53 bits per heavy atom. The highest BCUT2D eigenvalue weighted by Gasteiger charge is 2.47. The minimum absolute atomic E-state index is 0.00134. The van der Waals surface area contributed by atoms with Gasteiger partial charge in [-0.3, -0.25) is 4.98 Å². The second kappa shape index (κ2) is 8.67. The van der Waals surface area contributed by atoms with Gasteiger partial charge in [0.1, 0.15) is 0 Å². The second-order valence-corrected chi connectivity index (χ2v) is 8.77. The molecule has 0 bridgehead atoms. The third-order valence-electron chi connectivity index (χ3n) is 6.86. The number of nitrogens with zero attached hydrogens (tertiary/aromatic N) is 1. The SMILES string of the molecule is FC(F)(F)c1ccncc1CNCC[C@]1(c2ccccc2)CCOC2(CCCC2)C1. The standard InChI is InChI=1S/C24H29F3N2O/c25-24(26,27)21-8-13-28-16-19(21)17-29-14-11-22(20-6-2-1-3-7-20)12-15-30-23(18-22)9-4-5-10-23/h1-3,6-8,13,16,29H,4-5,9-12,14-15,17-18H2/t22-/m0/s1. The van der Waals surface area contributed by atoms with Gasteiger partial charge >= 0.3 is 6.18 Å². The Kier molecular flexibility index (Phi) is 6.16. The van der Waals surface area contributed by atoms with Crippen LogP contribution in [0, 0.1) is 0 Å². The van der Waals surface area contributed by atoms with Gasteiger partial charge in [0, 0.05) is 31.0 Å². The van der Waals surface area contributed by atoms with Gasteiger partial charge in [-0.15, -0.1) is 0 Å². The van der Waals surface area contributed by atoms with Crippen molar-refractivity contribution in [3.63, 3.8) is 0 Å². The summed E-state index contributed by atoms with van der Waals surface area (Å²) >= 11 is 0. The van der Waals surface area contributed by atoms with Gasteiger partial charge in [0.25, 0.3) is 0 Å². The summed E-state index contributed by atoms with van der Waals surface area (Å²) in [7, 11) is 0. The van der Waals surface area contributed by atoms with Gasteiger partial charge in [-0.05, 0) is 55.8 Å². The van der Waals surface area contributed by atoms with Crippen molar-refractivity contribution >= 4 is 0 Å². The van der Waals surface area contributed by atoms with Crippen molar-refractivity contribution in [3.8, 4) is 0 Å². The van der Waals surface area contributed by atoms with Crippen LogP contribution < -0.4 is 5.32 Å². The van der Waals surface area contributed by atoms with E-state index in [0.29, 0.717) is 6.54 Å². The molecule has 2 aliphatic rings. The van der Waals surface area contributed by atoms with Gasteiger partial charge in [-0.1, -0.05) is 43.2 Å². The molecule has 6 heteroatoms. The van der Waals surface area contributed by atoms with Crippen molar-refractivity contribution in [2.24, 2.45) is 0 Å². The molecule has 1 aromatic heterocycles. The van der Waals surface area contributed by atoms with Crippen molar-refractivity contribution in [1.82, 2.24) is 10.3 Å². The number of nitrogens with one attached hydrogen (secondary N) is 1. The molecule has 1 spiro atoms. The lowest BCUT2D eigenvalue weighted by atomic mass is 9.66. The first-order valence-electron chi connectivity index (χ1n) is 10.8. The molecule has 1 atom stereocenters. The van der Waals surface area contributed by atoms with E-state index in [2.05, 4.69) is 34.6 Å². The number of aromatic nitrogens is 1. The fourth-order valence-electron chi connectivity index (χ4n) is 5.35. The normalized spacial score (nSPS) is 23.7. The zero-order chi connectivity index (χ0) is 21.1. The Hall–Kier alpha value is -1.92. The van der Waals surface area contributed by atoms with Crippen LogP contribution in [-0.2, 0) is 22.9 Å². The van der Waals surface area contributed by atoms with E-state index in [1.165, 1.54) is 30.8 Å². The Labute approximate surface area is 176 Å². The van der Waals surface area contributed by atoms with Crippen molar-refractivity contribution in [1.29, 1.82) is 0 Å². The minimum Gasteiger partial charge on any atom is -0.375 e. The van der Waals surface area contributed by atoms with E-state index in [1.54, 1.807) is 0 Å². The molecule has 30 heavy (non-hydrogen) atoms. The lowest BCUT2D eigenvalue weighted by molar-refractivity contribution is -0.138. The number of alkyl halides is 3. The number of ether oxygens (including phenoxy) is 1. The summed E-state index contributed by atoms with van der Waals surface area (Å²) in [5.41, 5.74) is 0.870. The number of rotatable bonds is 6. The summed E-state index contributed by atoms with van der Waals surface area (Å²) in [6, 6.07) is 11.6. The predicted molar refractivity (Wildman–Crippen MR) is 110 cm³/mol. The largest absolute Gasteiger partial charge is 0.416 e. The van der Waals surface area contributed by atoms with Crippen LogP contribution in [0.2, 0.25) is 0 Å². The molecule has 162 valence electrons. The minimum atomic E-state index is -4.36. The molecule has 1 N–H and O–H groups in total. The molecule has 2 aromatic rings. The van der Waals surface area contributed by atoms with Crippen LogP contribution in [-0.4, -0.2) is 23.7 Å². The maximum absolute atomic E-state index is 13.2. The summed E-state index contributed by atoms with van der Waals surface area (Å²) < 4.78 is 46.0. The van der Waals surface area contributed by atoms with Crippen LogP contribution in [0.25, 0.3) is 0 Å². The average molecular weight is 419 g/mol. The van der Waals surface area contributed by atoms with Gasteiger partial charge in [-0.2, -0.15) is 13.2 Å². The molecule has 0 unspecified atom stereocenters. The summed E-state index contributed by atoms with van der Waals surface area (Å²) in [5, 5.41) is 3.25. The first-order valence-corrected chi connectivity index (χ1v) is 10.8. The van der Waals surface area contributed by atoms with Gasteiger partial charge in [-0.25, -0.2) is 0 Å². The summed E-state index contributed by atoms with van der Waals surface area (Å²) in [6.07, 6.45) is 5.61. The van der Waals surface area contributed by atoms with Crippen molar-refractivity contribution in [2.45, 2.75) is 68.7 Å². The lowest BCUT2D eigenvalue weighted by Crippen LogP contribution is -2.47. The molecule has 0 amide bonds. The van der Waals surface area contributed by atoms with Crippen molar-refractivity contribution in [3.05, 3.63) is 65.5 Å². The van der Waals surface area contributed by atoms with Crippen LogP contribution in [0.4, 0.5) is 13.2 Å². The molecule has 1 saturated carbocycles. The van der Waals surface area contributed by atoms with E-state index in [9.17, 15) is 13.2 Å². The fourth-order valence-corrected chi connectivity index (χ4v) is 5.35. The maximum Gasteiger partial charge on any atom is 0.416 e. The smallest absolute Gasteiger partial charge is 0.375 e. The topological polar surface area (TPSA) is 34.2 Å². The molecular weight excluding hydrogens is 389 g/mol. The molecule has 1 aromatic carbocycles. The van der Waals surface area contributed by atoms with Crippen LogP contribution in [0.3, 0.4) is 0 Å². The van der Waals surface area contributed by atoms with E-state index >= 15 is 0 Å². The van der Waals surface area contributed by atoms with E-state index < -0.39 is 11.7 Å². The first-order chi connectivity index (χ1) is 14.4. The summed E-state index contributed by atoms with van der Waals surface area (Å²) in [4.78, 5) is 3.88. The number of benzene rings is 1. The van der Waals surface area contributed by atoms with Crippen LogP contribution in [0.1, 0.15) is 61.6 Å². The molecule has 2 fully saturated rings. The third kappa shape index (κ3) is 4.54. The lowest BCUT2D eigenvalue weighted by Gasteiger charge is -2.47.